The van der Waals surface area contributed by atoms with Gasteiger partial charge in [-0.1, -0.05) is 0 Å². The van der Waals surface area contributed by atoms with Gasteiger partial charge in [0.2, 0.25) is 11.8 Å². The van der Waals surface area contributed by atoms with E-state index in [1.807, 2.05) is 0 Å². The summed E-state index contributed by atoms with van der Waals surface area (Å²) >= 11 is 0. The highest BCUT2D eigenvalue weighted by molar-refractivity contribution is 5.35. The Kier molecular flexibility index (Phi) is 3.28. The highest BCUT2D eigenvalue weighted by Crippen LogP contribution is 2.29. The fourth-order valence-electron chi connectivity index (χ4n) is 2.12. The summed E-state index contributed by atoms with van der Waals surface area (Å²) in [7, 11) is 0. The van der Waals surface area contributed by atoms with Gasteiger partial charge in [0.05, 0.1) is 17.8 Å². The standard InChI is InChI=1S/C12H11F3N4O2/c13-12(14,15)7-3-16-11(17-4-7)19-2-1-8-9(5-19)21-10(6-20)18-8/h3-4,20H,1-2,5-6H2. The quantitative estimate of drug-likeness (QED) is 0.906. The first-order valence-electron chi connectivity index (χ1n) is 6.20. The number of aliphatic hydroxyl groups excluding tert-OH is 1. The fraction of sp³-hybridized carbons (Fsp3) is 0.417. The first kappa shape index (κ1) is 13.8. The highest BCUT2D eigenvalue weighted by atomic mass is 19.4. The van der Waals surface area contributed by atoms with Crippen LogP contribution in [0.2, 0.25) is 0 Å². The SMILES string of the molecule is OCc1nc2c(o1)CN(c1ncc(C(F)(F)F)cn1)CC2. The van der Waals surface area contributed by atoms with Crippen molar-refractivity contribution in [2.24, 2.45) is 0 Å². The van der Waals surface area contributed by atoms with Crippen LogP contribution in [0.1, 0.15) is 22.9 Å². The fourth-order valence-corrected chi connectivity index (χ4v) is 2.12. The van der Waals surface area contributed by atoms with E-state index in [-0.39, 0.29) is 18.4 Å². The van der Waals surface area contributed by atoms with Crippen molar-refractivity contribution in [1.29, 1.82) is 0 Å². The molecule has 3 heterocycles. The summed E-state index contributed by atoms with van der Waals surface area (Å²) in [4.78, 5) is 13.3. The van der Waals surface area contributed by atoms with Crippen LogP contribution in [-0.4, -0.2) is 26.6 Å². The first-order valence-corrected chi connectivity index (χ1v) is 6.20. The second kappa shape index (κ2) is 4.99. The van der Waals surface area contributed by atoms with Gasteiger partial charge in [0, 0.05) is 25.4 Å². The smallest absolute Gasteiger partial charge is 0.419 e. The van der Waals surface area contributed by atoms with Crippen LogP contribution in [0.25, 0.3) is 0 Å². The molecule has 0 aliphatic carbocycles. The van der Waals surface area contributed by atoms with E-state index in [0.29, 0.717) is 25.3 Å². The Labute approximate surface area is 117 Å². The molecular weight excluding hydrogens is 289 g/mol. The number of nitrogens with zero attached hydrogens (tertiary/aromatic N) is 4. The number of aromatic nitrogens is 3. The molecule has 0 unspecified atom stereocenters. The van der Waals surface area contributed by atoms with Crippen LogP contribution in [0, 0.1) is 0 Å². The lowest BCUT2D eigenvalue weighted by Crippen LogP contribution is -2.31. The second-order valence-corrected chi connectivity index (χ2v) is 4.58. The van der Waals surface area contributed by atoms with Crippen LogP contribution in [0.4, 0.5) is 19.1 Å². The molecule has 2 aromatic rings. The molecule has 0 atom stereocenters. The molecule has 0 spiro atoms. The van der Waals surface area contributed by atoms with Crippen molar-refractivity contribution in [2.75, 3.05) is 11.4 Å². The number of hydrogen-bond acceptors (Lipinski definition) is 6. The van der Waals surface area contributed by atoms with Gasteiger partial charge in [0.1, 0.15) is 12.4 Å². The van der Waals surface area contributed by atoms with Gasteiger partial charge in [-0.05, 0) is 0 Å². The summed E-state index contributed by atoms with van der Waals surface area (Å²) in [5.41, 5.74) is -0.131. The lowest BCUT2D eigenvalue weighted by Gasteiger charge is -2.25. The van der Waals surface area contributed by atoms with E-state index < -0.39 is 11.7 Å². The molecule has 21 heavy (non-hydrogen) atoms. The second-order valence-electron chi connectivity index (χ2n) is 4.58. The Morgan fingerprint density at radius 1 is 1.29 bits per heavy atom. The topological polar surface area (TPSA) is 75.3 Å². The zero-order chi connectivity index (χ0) is 15.0. The van der Waals surface area contributed by atoms with Crippen molar-refractivity contribution in [1.82, 2.24) is 15.0 Å². The predicted octanol–water partition coefficient (Wildman–Crippen LogP) is 1.54. The monoisotopic (exact) mass is 300 g/mol. The van der Waals surface area contributed by atoms with Gasteiger partial charge < -0.3 is 14.4 Å². The Bertz CT molecular complexity index is 639. The summed E-state index contributed by atoms with van der Waals surface area (Å²) in [6.07, 6.45) is -2.37. The number of oxazole rings is 1. The zero-order valence-electron chi connectivity index (χ0n) is 10.8. The van der Waals surface area contributed by atoms with E-state index in [1.54, 1.807) is 4.90 Å². The van der Waals surface area contributed by atoms with Crippen LogP contribution in [0.5, 0.6) is 0 Å². The third kappa shape index (κ3) is 2.68. The Hall–Kier alpha value is -2.16. The molecule has 0 saturated carbocycles. The number of fused-ring (bicyclic) bond motifs is 1. The lowest BCUT2D eigenvalue weighted by atomic mass is 10.2. The van der Waals surface area contributed by atoms with Crippen LogP contribution >= 0.6 is 0 Å². The largest absolute Gasteiger partial charge is 0.441 e. The van der Waals surface area contributed by atoms with Crippen LogP contribution in [0.3, 0.4) is 0 Å². The Morgan fingerprint density at radius 2 is 2.00 bits per heavy atom. The summed E-state index contributed by atoms with van der Waals surface area (Å²) in [6, 6.07) is 0. The van der Waals surface area contributed by atoms with E-state index in [2.05, 4.69) is 15.0 Å². The molecule has 2 aromatic heterocycles. The van der Waals surface area contributed by atoms with Crippen LogP contribution in [-0.2, 0) is 25.7 Å². The summed E-state index contributed by atoms with van der Waals surface area (Å²) in [5.74, 6) is 1.01. The average molecular weight is 300 g/mol. The van der Waals surface area contributed by atoms with E-state index >= 15 is 0 Å². The third-order valence-electron chi connectivity index (χ3n) is 3.16. The van der Waals surface area contributed by atoms with E-state index in [1.165, 1.54) is 0 Å². The molecule has 0 amide bonds. The minimum absolute atomic E-state index is 0.204. The Morgan fingerprint density at radius 3 is 2.62 bits per heavy atom. The number of halogens is 3. The van der Waals surface area contributed by atoms with Crippen molar-refractivity contribution >= 4 is 5.95 Å². The van der Waals surface area contributed by atoms with Gasteiger partial charge in [0.25, 0.3) is 0 Å². The van der Waals surface area contributed by atoms with E-state index in [0.717, 1.165) is 18.1 Å². The number of hydrogen-bond donors (Lipinski definition) is 1. The molecule has 3 rings (SSSR count). The Balaban J connectivity index is 1.79. The molecular formula is C12H11F3N4O2. The van der Waals surface area contributed by atoms with E-state index in [4.69, 9.17) is 9.52 Å². The van der Waals surface area contributed by atoms with Crippen LogP contribution < -0.4 is 4.90 Å². The van der Waals surface area contributed by atoms with Gasteiger partial charge in [-0.25, -0.2) is 15.0 Å². The third-order valence-corrected chi connectivity index (χ3v) is 3.16. The zero-order valence-corrected chi connectivity index (χ0v) is 10.8. The van der Waals surface area contributed by atoms with Gasteiger partial charge in [-0.2, -0.15) is 13.2 Å². The normalized spacial score (nSPS) is 15.1. The number of rotatable bonds is 2. The number of alkyl halides is 3. The van der Waals surface area contributed by atoms with Crippen molar-refractivity contribution < 1.29 is 22.7 Å². The van der Waals surface area contributed by atoms with Gasteiger partial charge >= 0.3 is 6.18 Å². The molecule has 0 saturated heterocycles. The molecule has 0 aromatic carbocycles. The molecule has 1 aliphatic heterocycles. The van der Waals surface area contributed by atoms with Crippen molar-refractivity contribution in [2.45, 2.75) is 25.7 Å². The summed E-state index contributed by atoms with van der Waals surface area (Å²) in [6.45, 7) is 0.549. The molecule has 1 aliphatic rings. The van der Waals surface area contributed by atoms with Crippen molar-refractivity contribution in [3.05, 3.63) is 35.3 Å². The number of anilines is 1. The van der Waals surface area contributed by atoms with Gasteiger partial charge in [0.15, 0.2) is 0 Å². The highest BCUT2D eigenvalue weighted by Gasteiger charge is 2.32. The lowest BCUT2D eigenvalue weighted by molar-refractivity contribution is -0.138. The minimum atomic E-state index is -4.45. The summed E-state index contributed by atoms with van der Waals surface area (Å²) in [5, 5.41) is 8.98. The van der Waals surface area contributed by atoms with Gasteiger partial charge in [-0.15, -0.1) is 0 Å². The first-order chi connectivity index (χ1) is 9.97. The molecule has 6 nitrogen and oxygen atoms in total. The molecule has 9 heteroatoms. The van der Waals surface area contributed by atoms with Crippen molar-refractivity contribution in [3.8, 4) is 0 Å². The van der Waals surface area contributed by atoms with Crippen molar-refractivity contribution in [3.63, 3.8) is 0 Å². The van der Waals surface area contributed by atoms with E-state index in [9.17, 15) is 13.2 Å². The summed E-state index contributed by atoms with van der Waals surface area (Å²) < 4.78 is 42.7. The van der Waals surface area contributed by atoms with Crippen LogP contribution in [0.15, 0.2) is 16.8 Å². The molecule has 0 radical (unpaired) electrons. The maximum absolute atomic E-state index is 12.5. The maximum atomic E-state index is 12.5. The predicted molar refractivity (Wildman–Crippen MR) is 64.2 cm³/mol. The molecule has 112 valence electrons. The maximum Gasteiger partial charge on any atom is 0.419 e. The number of aliphatic hydroxyl groups is 1. The molecule has 0 fully saturated rings. The average Bonchev–Trinajstić information content (AvgIpc) is 2.88. The molecule has 1 N–H and O–H groups in total. The van der Waals surface area contributed by atoms with Gasteiger partial charge in [-0.3, -0.25) is 0 Å². The molecule has 0 bridgehead atoms. The minimum Gasteiger partial charge on any atom is -0.441 e.